The molecule has 6 heteroatoms. The van der Waals surface area contributed by atoms with Gasteiger partial charge in [-0.25, -0.2) is 0 Å². The van der Waals surface area contributed by atoms with Crippen LogP contribution in [0.3, 0.4) is 0 Å². The van der Waals surface area contributed by atoms with Gasteiger partial charge in [-0.3, -0.25) is 10.8 Å². The first-order valence-corrected chi connectivity index (χ1v) is 6.52. The summed E-state index contributed by atoms with van der Waals surface area (Å²) in [5.41, 5.74) is 9.34. The van der Waals surface area contributed by atoms with Crippen molar-refractivity contribution in [3.63, 3.8) is 0 Å². The van der Waals surface area contributed by atoms with Gasteiger partial charge >= 0.3 is 0 Å². The number of nitriles is 1. The first kappa shape index (κ1) is 15.1. The molecule has 0 radical (unpaired) electrons. The molecule has 2 aromatic carbocycles. The van der Waals surface area contributed by atoms with Gasteiger partial charge in [-0.15, -0.1) is 0 Å². The molecule has 22 heavy (non-hydrogen) atoms. The van der Waals surface area contributed by atoms with Crippen molar-refractivity contribution < 1.29 is 4.74 Å². The van der Waals surface area contributed by atoms with Gasteiger partial charge in [0.25, 0.3) is 0 Å². The number of aryl methyl sites for hydroxylation is 1. The fraction of sp³-hybridized carbons (Fsp3) is 0.0625. The van der Waals surface area contributed by atoms with Crippen LogP contribution in [0.4, 0.5) is 5.69 Å². The van der Waals surface area contributed by atoms with E-state index in [4.69, 9.17) is 21.1 Å². The Kier molecular flexibility index (Phi) is 4.73. The fourth-order valence-corrected chi connectivity index (χ4v) is 1.70. The molecule has 0 fully saturated rings. The third kappa shape index (κ3) is 3.61. The number of nitrogens with two attached hydrogens (primary N) is 1. The van der Waals surface area contributed by atoms with Crippen molar-refractivity contribution in [1.82, 2.24) is 0 Å². The lowest BCUT2D eigenvalue weighted by Crippen LogP contribution is -2.21. The number of amidine groups is 1. The summed E-state index contributed by atoms with van der Waals surface area (Å²) in [6.45, 7) is 1.95. The predicted molar refractivity (Wildman–Crippen MR) is 86.3 cm³/mol. The average molecular weight is 293 g/mol. The first-order valence-electron chi connectivity index (χ1n) is 6.52. The molecular formula is C16H15N5O. The van der Waals surface area contributed by atoms with Gasteiger partial charge in [-0.2, -0.15) is 10.4 Å². The van der Waals surface area contributed by atoms with Gasteiger partial charge in [0, 0.05) is 0 Å². The van der Waals surface area contributed by atoms with Crippen molar-refractivity contribution >= 4 is 17.2 Å². The first-order chi connectivity index (χ1) is 10.6. The van der Waals surface area contributed by atoms with Crippen molar-refractivity contribution in [2.45, 2.75) is 6.92 Å². The zero-order valence-electron chi connectivity index (χ0n) is 12.0. The van der Waals surface area contributed by atoms with E-state index in [0.29, 0.717) is 11.4 Å². The Morgan fingerprint density at radius 1 is 1.18 bits per heavy atom. The van der Waals surface area contributed by atoms with Crippen LogP contribution >= 0.6 is 0 Å². The summed E-state index contributed by atoms with van der Waals surface area (Å²) in [5.74, 6) is 0.890. The average Bonchev–Trinajstić information content (AvgIpc) is 2.51. The van der Waals surface area contributed by atoms with Gasteiger partial charge in [0.2, 0.25) is 5.71 Å². The van der Waals surface area contributed by atoms with E-state index < -0.39 is 5.84 Å². The van der Waals surface area contributed by atoms with Crippen LogP contribution in [0.25, 0.3) is 0 Å². The molecule has 0 heterocycles. The monoisotopic (exact) mass is 293 g/mol. The van der Waals surface area contributed by atoms with Crippen LogP contribution in [-0.2, 0) is 0 Å². The lowest BCUT2D eigenvalue weighted by atomic mass is 10.2. The highest BCUT2D eigenvalue weighted by Crippen LogP contribution is 2.30. The molecule has 0 bridgehead atoms. The summed E-state index contributed by atoms with van der Waals surface area (Å²) in [5, 5.41) is 19.9. The van der Waals surface area contributed by atoms with Gasteiger partial charge in [0.1, 0.15) is 11.8 Å². The number of para-hydroxylation sites is 3. The number of rotatable bonds is 5. The third-order valence-electron chi connectivity index (χ3n) is 2.85. The van der Waals surface area contributed by atoms with E-state index in [-0.39, 0.29) is 5.71 Å². The molecule has 6 nitrogen and oxygen atoms in total. The zero-order chi connectivity index (χ0) is 15.9. The molecular weight excluding hydrogens is 278 g/mol. The molecule has 0 aliphatic heterocycles. The number of nitrogens with zero attached hydrogens (tertiary/aromatic N) is 2. The van der Waals surface area contributed by atoms with E-state index in [1.54, 1.807) is 18.2 Å². The highest BCUT2D eigenvalue weighted by molar-refractivity contribution is 6.45. The lowest BCUT2D eigenvalue weighted by molar-refractivity contribution is 0.480. The topological polar surface area (TPSA) is 107 Å². The molecule has 0 unspecified atom stereocenters. The molecule has 0 spiro atoms. The quantitative estimate of drug-likeness (QED) is 0.447. The largest absolute Gasteiger partial charge is 0.455 e. The summed E-state index contributed by atoms with van der Waals surface area (Å²) in [6, 6.07) is 16.6. The summed E-state index contributed by atoms with van der Waals surface area (Å²) >= 11 is 0. The lowest BCUT2D eigenvalue weighted by Gasteiger charge is -2.12. The highest BCUT2D eigenvalue weighted by atomic mass is 16.5. The summed E-state index contributed by atoms with van der Waals surface area (Å²) in [4.78, 5) is 0. The second kappa shape index (κ2) is 6.90. The van der Waals surface area contributed by atoms with Crippen LogP contribution in [0.2, 0.25) is 0 Å². The Bertz CT molecular complexity index is 761. The minimum atomic E-state index is -0.396. The van der Waals surface area contributed by atoms with E-state index in [1.165, 1.54) is 0 Å². The molecule has 4 N–H and O–H groups in total. The molecule has 0 aliphatic carbocycles. The molecule has 0 saturated heterocycles. The van der Waals surface area contributed by atoms with Crippen molar-refractivity contribution in [2.24, 2.45) is 10.8 Å². The Balaban J connectivity index is 2.26. The normalized spacial score (nSPS) is 10.6. The van der Waals surface area contributed by atoms with Crippen LogP contribution in [0.15, 0.2) is 53.6 Å². The third-order valence-corrected chi connectivity index (χ3v) is 2.85. The maximum absolute atomic E-state index is 8.84. The van der Waals surface area contributed by atoms with E-state index in [2.05, 4.69) is 10.5 Å². The molecule has 0 saturated carbocycles. The van der Waals surface area contributed by atoms with Gasteiger partial charge < -0.3 is 10.5 Å². The highest BCUT2D eigenvalue weighted by Gasteiger charge is 2.07. The molecule has 0 atom stereocenters. The fourth-order valence-electron chi connectivity index (χ4n) is 1.70. The van der Waals surface area contributed by atoms with Crippen LogP contribution in [-0.4, -0.2) is 11.5 Å². The van der Waals surface area contributed by atoms with Gasteiger partial charge in [-0.1, -0.05) is 30.3 Å². The Hall–Kier alpha value is -3.33. The van der Waals surface area contributed by atoms with Crippen molar-refractivity contribution in [1.29, 1.82) is 10.7 Å². The maximum atomic E-state index is 8.84. The number of hydrazone groups is 1. The van der Waals surface area contributed by atoms with Crippen LogP contribution < -0.4 is 15.9 Å². The van der Waals surface area contributed by atoms with E-state index in [9.17, 15) is 0 Å². The SMILES string of the molecule is Cc1ccccc1Oc1ccccc1N/N=C(\C#N)C(=N)N. The van der Waals surface area contributed by atoms with Crippen LogP contribution in [0, 0.1) is 23.7 Å². The molecule has 2 aromatic rings. The van der Waals surface area contributed by atoms with Gasteiger partial charge in [-0.05, 0) is 30.7 Å². The minimum Gasteiger partial charge on any atom is -0.455 e. The number of anilines is 1. The number of hydrogen-bond acceptors (Lipinski definition) is 5. The van der Waals surface area contributed by atoms with E-state index in [1.807, 2.05) is 43.3 Å². The summed E-state index contributed by atoms with van der Waals surface area (Å²) in [7, 11) is 0. The molecule has 110 valence electrons. The maximum Gasteiger partial charge on any atom is 0.201 e. The number of hydrogen-bond donors (Lipinski definition) is 3. The van der Waals surface area contributed by atoms with Crippen molar-refractivity contribution in [2.75, 3.05) is 5.43 Å². The number of benzene rings is 2. The smallest absolute Gasteiger partial charge is 0.201 e. The van der Waals surface area contributed by atoms with E-state index in [0.717, 1.165) is 11.3 Å². The standard InChI is InChI=1S/C16H15N5O/c1-11-6-2-4-8-14(11)22-15-9-5-3-7-12(15)20-21-13(10-17)16(18)19/h2-9,20H,1H3,(H3,18,19)/b21-13+. The van der Waals surface area contributed by atoms with Crippen molar-refractivity contribution in [3.8, 4) is 17.6 Å². The van der Waals surface area contributed by atoms with Crippen LogP contribution in [0.1, 0.15) is 5.56 Å². The van der Waals surface area contributed by atoms with Crippen molar-refractivity contribution in [3.05, 3.63) is 54.1 Å². The second-order valence-corrected chi connectivity index (χ2v) is 4.46. The van der Waals surface area contributed by atoms with Gasteiger partial charge in [0.15, 0.2) is 11.6 Å². The molecule has 2 rings (SSSR count). The number of ether oxygens (including phenoxy) is 1. The molecule has 0 amide bonds. The predicted octanol–water partition coefficient (Wildman–Crippen LogP) is 3.01. The second-order valence-electron chi connectivity index (χ2n) is 4.46. The Labute approximate surface area is 128 Å². The Morgan fingerprint density at radius 2 is 1.82 bits per heavy atom. The summed E-state index contributed by atoms with van der Waals surface area (Å²) < 4.78 is 5.87. The zero-order valence-corrected chi connectivity index (χ0v) is 12.0. The molecule has 0 aliphatic rings. The summed E-state index contributed by atoms with van der Waals surface area (Å²) in [6.07, 6.45) is 0. The van der Waals surface area contributed by atoms with Crippen LogP contribution in [0.5, 0.6) is 11.5 Å². The van der Waals surface area contributed by atoms with Gasteiger partial charge in [0.05, 0.1) is 5.69 Å². The molecule has 0 aromatic heterocycles. The van der Waals surface area contributed by atoms with E-state index >= 15 is 0 Å². The Morgan fingerprint density at radius 3 is 2.45 bits per heavy atom. The number of nitrogens with one attached hydrogen (secondary N) is 2. The minimum absolute atomic E-state index is 0.189.